The van der Waals surface area contributed by atoms with Crippen molar-refractivity contribution < 1.29 is 19.4 Å². The number of aliphatic hydroxyl groups is 1. The Morgan fingerprint density at radius 1 is 1.06 bits per heavy atom. The van der Waals surface area contributed by atoms with Crippen LogP contribution in [0.15, 0.2) is 88.3 Å². The minimum atomic E-state index is -1.15. The van der Waals surface area contributed by atoms with Crippen molar-refractivity contribution in [1.82, 2.24) is 10.9 Å². The van der Waals surface area contributed by atoms with Crippen LogP contribution in [0.4, 0.5) is 0 Å². The van der Waals surface area contributed by atoms with Crippen LogP contribution in [0.1, 0.15) is 30.0 Å². The minimum Gasteiger partial charge on any atom is -0.494 e. The number of hydrazine groups is 1. The molecule has 0 bridgehead atoms. The summed E-state index contributed by atoms with van der Waals surface area (Å²) in [6.07, 6.45) is 0.461. The van der Waals surface area contributed by atoms with E-state index >= 15 is 0 Å². The van der Waals surface area contributed by atoms with Gasteiger partial charge in [0.05, 0.1) is 6.61 Å². The Bertz CT molecular complexity index is 1170. The summed E-state index contributed by atoms with van der Waals surface area (Å²) < 4.78 is 12.7. The molecular formula is C28H30BrN3O4. The molecule has 36 heavy (non-hydrogen) atoms. The Hall–Kier alpha value is -3.20. The van der Waals surface area contributed by atoms with E-state index in [4.69, 9.17) is 19.6 Å². The maximum atomic E-state index is 13.6. The third-order valence-electron chi connectivity index (χ3n) is 6.05. The Morgan fingerprint density at radius 2 is 1.78 bits per heavy atom. The number of carbonyl (C=O) groups excluding carboxylic acids is 1. The summed E-state index contributed by atoms with van der Waals surface area (Å²) >= 11 is 3.47. The highest BCUT2D eigenvalue weighted by Gasteiger charge is 2.50. The van der Waals surface area contributed by atoms with Gasteiger partial charge in [-0.2, -0.15) is 0 Å². The van der Waals surface area contributed by atoms with Crippen molar-refractivity contribution in [1.29, 1.82) is 0 Å². The van der Waals surface area contributed by atoms with Gasteiger partial charge in [0.25, 0.3) is 5.91 Å². The van der Waals surface area contributed by atoms with Gasteiger partial charge in [0.1, 0.15) is 11.9 Å². The molecule has 0 fully saturated rings. The van der Waals surface area contributed by atoms with Crippen LogP contribution in [0.5, 0.6) is 5.75 Å². The normalized spacial score (nSPS) is 18.9. The predicted molar refractivity (Wildman–Crippen MR) is 143 cm³/mol. The van der Waals surface area contributed by atoms with E-state index in [0.717, 1.165) is 21.2 Å². The van der Waals surface area contributed by atoms with Crippen LogP contribution in [0, 0.1) is 0 Å². The summed E-state index contributed by atoms with van der Waals surface area (Å²) in [5.41, 5.74) is 7.55. The largest absolute Gasteiger partial charge is 0.494 e. The molecule has 0 saturated heterocycles. The summed E-state index contributed by atoms with van der Waals surface area (Å²) in [5.74, 6) is 0.857. The number of hydrogen-bond donors (Lipinski definition) is 3. The summed E-state index contributed by atoms with van der Waals surface area (Å²) in [6, 6.07) is 25.1. The first-order chi connectivity index (χ1) is 17.5. The fourth-order valence-corrected chi connectivity index (χ4v) is 4.25. The molecule has 0 radical (unpaired) electrons. The van der Waals surface area contributed by atoms with Crippen molar-refractivity contribution in [3.05, 3.63) is 100 Å². The van der Waals surface area contributed by atoms with E-state index in [0.29, 0.717) is 37.6 Å². The van der Waals surface area contributed by atoms with Crippen molar-refractivity contribution in [2.75, 3.05) is 13.2 Å². The van der Waals surface area contributed by atoms with Gasteiger partial charge in [0.2, 0.25) is 5.90 Å². The number of aliphatic hydroxyl groups excluding tert-OH is 1. The first-order valence-corrected chi connectivity index (χ1v) is 12.7. The number of halogens is 1. The standard InChI is InChI=1S/C28H30BrN3O4/c1-20-28(18-21-8-12-24(29)13-9-21,27(34)32-30-19-22-6-3-2-4-7-22)31-26(36-20)23-10-14-25(15-11-23)35-17-5-16-33/h2-4,6-15,20,30,33H,5,16-19H2,1H3,(H,32,34)/t20-,28-/m0/s1. The first-order valence-electron chi connectivity index (χ1n) is 11.9. The number of hydrogen-bond acceptors (Lipinski definition) is 6. The van der Waals surface area contributed by atoms with Gasteiger partial charge in [-0.05, 0) is 54.4 Å². The van der Waals surface area contributed by atoms with Crippen molar-refractivity contribution in [3.8, 4) is 5.75 Å². The number of benzene rings is 3. The second-order valence-electron chi connectivity index (χ2n) is 8.65. The molecule has 188 valence electrons. The Labute approximate surface area is 219 Å². The lowest BCUT2D eigenvalue weighted by molar-refractivity contribution is -0.129. The van der Waals surface area contributed by atoms with E-state index in [1.165, 1.54) is 0 Å². The molecule has 1 aliphatic heterocycles. The first kappa shape index (κ1) is 25.9. The molecule has 0 aliphatic carbocycles. The van der Waals surface area contributed by atoms with Gasteiger partial charge < -0.3 is 14.6 Å². The van der Waals surface area contributed by atoms with E-state index in [-0.39, 0.29) is 12.5 Å². The van der Waals surface area contributed by atoms with Crippen LogP contribution in [0.25, 0.3) is 0 Å². The smallest absolute Gasteiger partial charge is 0.266 e. The highest BCUT2D eigenvalue weighted by Crippen LogP contribution is 2.33. The van der Waals surface area contributed by atoms with E-state index < -0.39 is 11.6 Å². The number of rotatable bonds is 11. The van der Waals surface area contributed by atoms with Gasteiger partial charge in [-0.3, -0.25) is 10.2 Å². The Morgan fingerprint density at radius 3 is 2.47 bits per heavy atom. The molecule has 3 N–H and O–H groups in total. The van der Waals surface area contributed by atoms with E-state index in [2.05, 4.69) is 26.8 Å². The number of amides is 1. The van der Waals surface area contributed by atoms with Gasteiger partial charge in [0, 0.05) is 36.0 Å². The molecule has 1 heterocycles. The van der Waals surface area contributed by atoms with Gasteiger partial charge in [-0.25, -0.2) is 10.4 Å². The van der Waals surface area contributed by atoms with Gasteiger partial charge in [0.15, 0.2) is 5.54 Å². The van der Waals surface area contributed by atoms with Gasteiger partial charge in [-0.15, -0.1) is 0 Å². The van der Waals surface area contributed by atoms with Crippen LogP contribution in [-0.2, 0) is 22.5 Å². The van der Waals surface area contributed by atoms with Crippen LogP contribution >= 0.6 is 15.9 Å². The number of nitrogens with zero attached hydrogens (tertiary/aromatic N) is 1. The number of carbonyl (C=O) groups is 1. The van der Waals surface area contributed by atoms with Gasteiger partial charge in [-0.1, -0.05) is 58.4 Å². The lowest BCUT2D eigenvalue weighted by atomic mass is 9.86. The molecule has 0 unspecified atom stereocenters. The summed E-state index contributed by atoms with van der Waals surface area (Å²) in [4.78, 5) is 18.5. The monoisotopic (exact) mass is 551 g/mol. The Balaban J connectivity index is 1.55. The van der Waals surface area contributed by atoms with Crippen LogP contribution < -0.4 is 15.6 Å². The molecule has 3 aromatic rings. The van der Waals surface area contributed by atoms with E-state index in [1.807, 2.05) is 85.8 Å². The van der Waals surface area contributed by atoms with E-state index in [1.54, 1.807) is 0 Å². The molecule has 4 rings (SSSR count). The molecule has 0 saturated carbocycles. The number of nitrogens with one attached hydrogen (secondary N) is 2. The third kappa shape index (κ3) is 6.32. The molecule has 8 heteroatoms. The molecule has 1 amide bonds. The zero-order valence-electron chi connectivity index (χ0n) is 20.1. The molecule has 7 nitrogen and oxygen atoms in total. The lowest BCUT2D eigenvalue weighted by Gasteiger charge is -2.28. The SMILES string of the molecule is C[C@@H]1OC(c2ccc(OCCCO)cc2)=N[C@]1(Cc1ccc(Br)cc1)C(=O)NNCc1ccccc1. The molecule has 2 atom stereocenters. The van der Waals surface area contributed by atoms with Gasteiger partial charge >= 0.3 is 0 Å². The molecule has 0 spiro atoms. The van der Waals surface area contributed by atoms with Crippen molar-refractivity contribution >= 4 is 27.7 Å². The van der Waals surface area contributed by atoms with E-state index in [9.17, 15) is 4.79 Å². The maximum absolute atomic E-state index is 13.6. The zero-order valence-corrected chi connectivity index (χ0v) is 21.7. The van der Waals surface area contributed by atoms with Crippen molar-refractivity contribution in [3.63, 3.8) is 0 Å². The highest BCUT2D eigenvalue weighted by atomic mass is 79.9. The quantitative estimate of drug-likeness (QED) is 0.245. The Kier molecular flexibility index (Phi) is 8.74. The fraction of sp³-hybridized carbons (Fsp3) is 0.286. The zero-order chi connectivity index (χ0) is 25.4. The summed E-state index contributed by atoms with van der Waals surface area (Å²) in [6.45, 7) is 2.89. The second kappa shape index (κ2) is 12.2. The molecule has 3 aromatic carbocycles. The summed E-state index contributed by atoms with van der Waals surface area (Å²) in [7, 11) is 0. The topological polar surface area (TPSA) is 92.2 Å². The third-order valence-corrected chi connectivity index (χ3v) is 6.58. The van der Waals surface area contributed by atoms with Crippen LogP contribution in [-0.4, -0.2) is 41.8 Å². The maximum Gasteiger partial charge on any atom is 0.266 e. The molecular weight excluding hydrogens is 522 g/mol. The fourth-order valence-electron chi connectivity index (χ4n) is 3.99. The molecule has 1 aliphatic rings. The van der Waals surface area contributed by atoms with Crippen molar-refractivity contribution in [2.24, 2.45) is 4.99 Å². The lowest BCUT2D eigenvalue weighted by Crippen LogP contribution is -2.55. The molecule has 0 aromatic heterocycles. The van der Waals surface area contributed by atoms with Crippen molar-refractivity contribution in [2.45, 2.75) is 38.0 Å². The van der Waals surface area contributed by atoms with Crippen LogP contribution in [0.3, 0.4) is 0 Å². The summed E-state index contributed by atoms with van der Waals surface area (Å²) in [5, 5.41) is 8.93. The highest BCUT2D eigenvalue weighted by molar-refractivity contribution is 9.10. The van der Waals surface area contributed by atoms with Crippen LogP contribution in [0.2, 0.25) is 0 Å². The number of aliphatic imine (C=N–C) groups is 1. The predicted octanol–water partition coefficient (Wildman–Crippen LogP) is 4.18. The average Bonchev–Trinajstić information content (AvgIpc) is 3.23. The average molecular weight is 552 g/mol. The second-order valence-corrected chi connectivity index (χ2v) is 9.56. The number of ether oxygens (including phenoxy) is 2. The minimum absolute atomic E-state index is 0.0866.